The van der Waals surface area contributed by atoms with Crippen molar-refractivity contribution in [3.63, 3.8) is 0 Å². The first-order valence-corrected chi connectivity index (χ1v) is 6.46. The maximum Gasteiger partial charge on any atom is 0.137 e. The van der Waals surface area contributed by atoms with E-state index in [0.717, 1.165) is 17.2 Å². The number of aromatic nitrogens is 2. The number of anilines is 2. The number of hydrogen-bond donors (Lipinski definition) is 1. The molecule has 1 heterocycles. The second kappa shape index (κ2) is 5.34. The molecule has 1 aromatic heterocycles. The minimum Gasteiger partial charge on any atom is -0.373 e. The molecule has 1 aromatic rings. The Bertz CT molecular complexity index is 372. The molecule has 94 valence electrons. The maximum atomic E-state index is 4.44. The molecule has 0 saturated heterocycles. The Morgan fingerprint density at radius 1 is 1.24 bits per heavy atom. The fourth-order valence-corrected chi connectivity index (χ4v) is 2.69. The minimum atomic E-state index is 0.641. The highest BCUT2D eigenvalue weighted by atomic mass is 15.2. The molecule has 1 N–H and O–H groups in total. The summed E-state index contributed by atoms with van der Waals surface area (Å²) < 4.78 is 0. The van der Waals surface area contributed by atoms with Crippen molar-refractivity contribution in [1.29, 1.82) is 0 Å². The van der Waals surface area contributed by atoms with Gasteiger partial charge >= 0.3 is 0 Å². The van der Waals surface area contributed by atoms with Crippen LogP contribution in [0.15, 0.2) is 6.33 Å². The Kier molecular flexibility index (Phi) is 3.82. The van der Waals surface area contributed by atoms with Crippen LogP contribution >= 0.6 is 0 Å². The maximum absolute atomic E-state index is 4.44. The van der Waals surface area contributed by atoms with Gasteiger partial charge in [0.25, 0.3) is 0 Å². The normalized spacial score (nSPS) is 16.9. The molecule has 0 radical (unpaired) electrons. The van der Waals surface area contributed by atoms with E-state index in [1.165, 1.54) is 32.1 Å². The Morgan fingerprint density at radius 2 is 1.94 bits per heavy atom. The minimum absolute atomic E-state index is 0.641. The Labute approximate surface area is 103 Å². The molecule has 4 heteroatoms. The zero-order chi connectivity index (χ0) is 12.3. The van der Waals surface area contributed by atoms with Crippen LogP contribution in [0.3, 0.4) is 0 Å². The quantitative estimate of drug-likeness (QED) is 0.872. The summed E-state index contributed by atoms with van der Waals surface area (Å²) in [4.78, 5) is 11.0. The summed E-state index contributed by atoms with van der Waals surface area (Å²) in [5.41, 5.74) is 1.14. The fourth-order valence-electron chi connectivity index (χ4n) is 2.69. The average Bonchev–Trinajstić information content (AvgIpc) is 2.39. The first-order valence-electron chi connectivity index (χ1n) is 6.46. The Balaban J connectivity index is 2.20. The third-order valence-corrected chi connectivity index (χ3v) is 3.75. The SMILES string of the molecule is CNc1ncnc(N(C)C2CCCCC2)c1C. The van der Waals surface area contributed by atoms with Crippen molar-refractivity contribution in [3.05, 3.63) is 11.9 Å². The van der Waals surface area contributed by atoms with Crippen molar-refractivity contribution in [2.75, 3.05) is 24.3 Å². The molecule has 0 unspecified atom stereocenters. The van der Waals surface area contributed by atoms with E-state index in [1.807, 2.05) is 7.05 Å². The second-order valence-corrected chi connectivity index (χ2v) is 4.82. The van der Waals surface area contributed by atoms with Gasteiger partial charge in [0.1, 0.15) is 18.0 Å². The predicted octanol–water partition coefficient (Wildman–Crippen LogP) is 2.60. The van der Waals surface area contributed by atoms with Crippen LogP contribution in [0, 0.1) is 6.92 Å². The van der Waals surface area contributed by atoms with Crippen LogP contribution in [0.1, 0.15) is 37.7 Å². The van der Waals surface area contributed by atoms with E-state index in [0.29, 0.717) is 6.04 Å². The van der Waals surface area contributed by atoms with Crippen molar-refractivity contribution in [2.24, 2.45) is 0 Å². The summed E-state index contributed by atoms with van der Waals surface area (Å²) in [6.07, 6.45) is 8.29. The molecule has 2 rings (SSSR count). The number of hydrogen-bond acceptors (Lipinski definition) is 4. The van der Waals surface area contributed by atoms with E-state index < -0.39 is 0 Å². The summed E-state index contributed by atoms with van der Waals surface area (Å²) in [6, 6.07) is 0.641. The lowest BCUT2D eigenvalue weighted by Crippen LogP contribution is -2.34. The molecule has 0 aromatic carbocycles. The molecule has 1 aliphatic rings. The molecule has 1 fully saturated rings. The molecule has 0 bridgehead atoms. The van der Waals surface area contributed by atoms with Gasteiger partial charge in [0.15, 0.2) is 0 Å². The zero-order valence-corrected chi connectivity index (χ0v) is 11.0. The number of nitrogens with zero attached hydrogens (tertiary/aromatic N) is 3. The van der Waals surface area contributed by atoms with Crippen LogP contribution in [0.25, 0.3) is 0 Å². The van der Waals surface area contributed by atoms with Crippen molar-refractivity contribution in [3.8, 4) is 0 Å². The molecular formula is C13H22N4. The highest BCUT2D eigenvalue weighted by Gasteiger charge is 2.21. The summed E-state index contributed by atoms with van der Waals surface area (Å²) in [5, 5.41) is 3.12. The highest BCUT2D eigenvalue weighted by Crippen LogP contribution is 2.28. The molecule has 4 nitrogen and oxygen atoms in total. The molecule has 0 amide bonds. The smallest absolute Gasteiger partial charge is 0.137 e. The summed E-state index contributed by atoms with van der Waals surface area (Å²) >= 11 is 0. The van der Waals surface area contributed by atoms with Crippen LogP contribution in [0.4, 0.5) is 11.6 Å². The predicted molar refractivity (Wildman–Crippen MR) is 71.6 cm³/mol. The molecule has 0 atom stereocenters. The van der Waals surface area contributed by atoms with E-state index in [2.05, 4.69) is 34.2 Å². The fraction of sp³-hybridized carbons (Fsp3) is 0.692. The average molecular weight is 234 g/mol. The van der Waals surface area contributed by atoms with Gasteiger partial charge in [-0.15, -0.1) is 0 Å². The van der Waals surface area contributed by atoms with Crippen molar-refractivity contribution in [2.45, 2.75) is 45.1 Å². The van der Waals surface area contributed by atoms with Crippen molar-refractivity contribution in [1.82, 2.24) is 9.97 Å². The van der Waals surface area contributed by atoms with E-state index in [9.17, 15) is 0 Å². The Morgan fingerprint density at radius 3 is 2.59 bits per heavy atom. The Hall–Kier alpha value is -1.32. The van der Waals surface area contributed by atoms with Crippen LogP contribution in [-0.2, 0) is 0 Å². The third-order valence-electron chi connectivity index (χ3n) is 3.75. The lowest BCUT2D eigenvalue weighted by atomic mass is 9.94. The topological polar surface area (TPSA) is 41.1 Å². The zero-order valence-electron chi connectivity index (χ0n) is 11.0. The van der Waals surface area contributed by atoms with Gasteiger partial charge in [-0.25, -0.2) is 9.97 Å². The van der Waals surface area contributed by atoms with Crippen molar-refractivity contribution >= 4 is 11.6 Å². The monoisotopic (exact) mass is 234 g/mol. The van der Waals surface area contributed by atoms with Gasteiger partial charge in [-0.05, 0) is 19.8 Å². The first kappa shape index (κ1) is 12.1. The van der Waals surface area contributed by atoms with E-state index in [1.54, 1.807) is 6.33 Å². The van der Waals surface area contributed by atoms with Crippen LogP contribution < -0.4 is 10.2 Å². The first-order chi connectivity index (χ1) is 8.24. The van der Waals surface area contributed by atoms with E-state index in [4.69, 9.17) is 0 Å². The van der Waals surface area contributed by atoms with Gasteiger partial charge in [0.2, 0.25) is 0 Å². The second-order valence-electron chi connectivity index (χ2n) is 4.82. The van der Waals surface area contributed by atoms with Gasteiger partial charge in [-0.1, -0.05) is 19.3 Å². The summed E-state index contributed by atoms with van der Waals surface area (Å²) in [6.45, 7) is 2.08. The molecule has 0 spiro atoms. The highest BCUT2D eigenvalue weighted by molar-refractivity contribution is 5.57. The molecule has 1 saturated carbocycles. The molecule has 0 aliphatic heterocycles. The van der Waals surface area contributed by atoms with Crippen LogP contribution in [-0.4, -0.2) is 30.1 Å². The van der Waals surface area contributed by atoms with Gasteiger partial charge in [0, 0.05) is 25.7 Å². The van der Waals surface area contributed by atoms with Gasteiger partial charge in [-0.2, -0.15) is 0 Å². The number of rotatable bonds is 3. The number of nitrogens with one attached hydrogen (secondary N) is 1. The van der Waals surface area contributed by atoms with Crippen molar-refractivity contribution < 1.29 is 0 Å². The van der Waals surface area contributed by atoms with E-state index in [-0.39, 0.29) is 0 Å². The van der Waals surface area contributed by atoms with Gasteiger partial charge in [0.05, 0.1) is 0 Å². The third kappa shape index (κ3) is 2.51. The van der Waals surface area contributed by atoms with Gasteiger partial charge < -0.3 is 10.2 Å². The van der Waals surface area contributed by atoms with Gasteiger partial charge in [-0.3, -0.25) is 0 Å². The largest absolute Gasteiger partial charge is 0.373 e. The lowest BCUT2D eigenvalue weighted by Gasteiger charge is -2.33. The molecular weight excluding hydrogens is 212 g/mol. The summed E-state index contributed by atoms with van der Waals surface area (Å²) in [5.74, 6) is 1.99. The van der Waals surface area contributed by atoms with E-state index >= 15 is 0 Å². The molecule has 17 heavy (non-hydrogen) atoms. The summed E-state index contributed by atoms with van der Waals surface area (Å²) in [7, 11) is 4.06. The van der Waals surface area contributed by atoms with Crippen LogP contribution in [0.2, 0.25) is 0 Å². The molecule has 1 aliphatic carbocycles. The van der Waals surface area contributed by atoms with Crippen LogP contribution in [0.5, 0.6) is 0 Å². The lowest BCUT2D eigenvalue weighted by molar-refractivity contribution is 0.425. The standard InChI is InChI=1S/C13H22N4/c1-10-12(14-2)15-9-16-13(10)17(3)11-7-5-4-6-8-11/h9,11H,4-8H2,1-3H3,(H,14,15,16).